The number of allylic oxidation sites excluding steroid dienone is 3. The molecule has 0 saturated heterocycles. The zero-order valence-corrected chi connectivity index (χ0v) is 16.5. The van der Waals surface area contributed by atoms with E-state index in [0.717, 1.165) is 18.4 Å². The molecule has 0 aliphatic carbocycles. The van der Waals surface area contributed by atoms with E-state index < -0.39 is 0 Å². The molecule has 0 saturated carbocycles. The molecule has 0 bridgehead atoms. The summed E-state index contributed by atoms with van der Waals surface area (Å²) in [5.41, 5.74) is 8.15. The summed E-state index contributed by atoms with van der Waals surface area (Å²) >= 11 is 0. The van der Waals surface area contributed by atoms with E-state index in [1.807, 2.05) is 49.4 Å². The van der Waals surface area contributed by atoms with Crippen LogP contribution in [0, 0.1) is 11.8 Å². The lowest BCUT2D eigenvalue weighted by Crippen LogP contribution is -2.26. The largest absolute Gasteiger partial charge is 0.383 e. The van der Waals surface area contributed by atoms with E-state index in [0.29, 0.717) is 29.9 Å². The molecule has 1 aromatic carbocycles. The standard InChI is InChI=1S/C23H29N3O/c1-4-7-10-16-20(22(24)25-6-3)21(17-11-8-5-2)23(27)26-18-19-14-12-9-13-15-19/h6,9-10,12-17H,4-5,7,18,24H2,1-3H3,(H,26,27)/b16-10+,21-17-,22-20+,25-6?. The van der Waals surface area contributed by atoms with Crippen molar-refractivity contribution in [3.8, 4) is 11.8 Å². The first kappa shape index (κ1) is 22.0. The first-order valence-electron chi connectivity index (χ1n) is 9.30. The Balaban J connectivity index is 3.20. The number of hydrogen-bond acceptors (Lipinski definition) is 3. The van der Waals surface area contributed by atoms with E-state index in [1.54, 1.807) is 19.2 Å². The fourth-order valence-corrected chi connectivity index (χ4v) is 2.25. The van der Waals surface area contributed by atoms with Crippen molar-refractivity contribution in [3.63, 3.8) is 0 Å². The topological polar surface area (TPSA) is 67.5 Å². The number of hydrogen-bond donors (Lipinski definition) is 2. The highest BCUT2D eigenvalue weighted by atomic mass is 16.1. The smallest absolute Gasteiger partial charge is 0.252 e. The SMILES string of the molecule is CC=N/C(N)=C(\C=C\CCC)C(=C/C#CCC)/C(=O)NCc1ccccc1. The molecule has 0 aliphatic rings. The molecule has 0 fully saturated rings. The third kappa shape index (κ3) is 8.24. The van der Waals surface area contributed by atoms with Crippen molar-refractivity contribution in [1.82, 2.24) is 5.32 Å². The Kier molecular flexibility index (Phi) is 10.7. The number of nitrogens with zero attached hydrogens (tertiary/aromatic N) is 1. The summed E-state index contributed by atoms with van der Waals surface area (Å²) in [5.74, 6) is 5.97. The van der Waals surface area contributed by atoms with Gasteiger partial charge in [-0.15, -0.1) is 0 Å². The maximum atomic E-state index is 12.9. The third-order valence-corrected chi connectivity index (χ3v) is 3.61. The molecule has 4 nitrogen and oxygen atoms in total. The monoisotopic (exact) mass is 363 g/mol. The summed E-state index contributed by atoms with van der Waals surface area (Å²) in [7, 11) is 0. The van der Waals surface area contributed by atoms with Gasteiger partial charge in [0.15, 0.2) is 0 Å². The molecule has 4 heteroatoms. The second kappa shape index (κ2) is 13.2. The van der Waals surface area contributed by atoms with E-state index in [2.05, 4.69) is 29.1 Å². The van der Waals surface area contributed by atoms with Crippen molar-refractivity contribution < 1.29 is 4.79 Å². The van der Waals surface area contributed by atoms with Gasteiger partial charge in [-0.05, 0) is 18.9 Å². The molecule has 0 unspecified atom stereocenters. The Morgan fingerprint density at radius 3 is 2.63 bits per heavy atom. The van der Waals surface area contributed by atoms with Crippen molar-refractivity contribution in [2.24, 2.45) is 10.7 Å². The number of rotatable bonds is 8. The molecule has 3 N–H and O–H groups in total. The highest BCUT2D eigenvalue weighted by Crippen LogP contribution is 2.17. The van der Waals surface area contributed by atoms with Gasteiger partial charge < -0.3 is 11.1 Å². The van der Waals surface area contributed by atoms with Crippen molar-refractivity contribution in [3.05, 3.63) is 71.1 Å². The summed E-state index contributed by atoms with van der Waals surface area (Å²) < 4.78 is 0. The zero-order chi connectivity index (χ0) is 19.9. The second-order valence-corrected chi connectivity index (χ2v) is 5.78. The van der Waals surface area contributed by atoms with Gasteiger partial charge in [0, 0.05) is 30.8 Å². The molecule has 0 spiro atoms. The Morgan fingerprint density at radius 1 is 1.26 bits per heavy atom. The van der Waals surface area contributed by atoms with Crippen LogP contribution >= 0.6 is 0 Å². The van der Waals surface area contributed by atoms with E-state index >= 15 is 0 Å². The van der Waals surface area contributed by atoms with Gasteiger partial charge >= 0.3 is 0 Å². The van der Waals surface area contributed by atoms with E-state index in [1.165, 1.54) is 0 Å². The lowest BCUT2D eigenvalue weighted by molar-refractivity contribution is -0.117. The number of carbonyl (C=O) groups excluding carboxylic acids is 1. The van der Waals surface area contributed by atoms with Crippen LogP contribution in [0.15, 0.2) is 70.5 Å². The maximum absolute atomic E-state index is 12.9. The second-order valence-electron chi connectivity index (χ2n) is 5.78. The molecule has 0 aliphatic heterocycles. The van der Waals surface area contributed by atoms with Crippen molar-refractivity contribution >= 4 is 12.1 Å². The quantitative estimate of drug-likeness (QED) is 0.314. The van der Waals surface area contributed by atoms with E-state index in [4.69, 9.17) is 5.73 Å². The van der Waals surface area contributed by atoms with Gasteiger partial charge in [-0.1, -0.05) is 74.6 Å². The number of nitrogens with two attached hydrogens (primary N) is 1. The van der Waals surface area contributed by atoms with Crippen LogP contribution in [0.1, 0.15) is 45.6 Å². The maximum Gasteiger partial charge on any atom is 0.252 e. The summed E-state index contributed by atoms with van der Waals surface area (Å²) in [6.45, 7) is 6.28. The molecule has 0 atom stereocenters. The van der Waals surface area contributed by atoms with Gasteiger partial charge in [0.1, 0.15) is 5.82 Å². The number of nitrogens with one attached hydrogen (secondary N) is 1. The minimum absolute atomic E-state index is 0.227. The zero-order valence-electron chi connectivity index (χ0n) is 16.5. The minimum Gasteiger partial charge on any atom is -0.383 e. The Hall–Kier alpha value is -3.06. The van der Waals surface area contributed by atoms with Gasteiger partial charge in [-0.25, -0.2) is 4.99 Å². The summed E-state index contributed by atoms with van der Waals surface area (Å²) in [5, 5.41) is 2.94. The van der Waals surface area contributed by atoms with Crippen LogP contribution in [0.4, 0.5) is 0 Å². The van der Waals surface area contributed by atoms with Crippen LogP contribution < -0.4 is 11.1 Å². The van der Waals surface area contributed by atoms with Crippen molar-refractivity contribution in [1.29, 1.82) is 0 Å². The molecule has 1 amide bonds. The highest BCUT2D eigenvalue weighted by molar-refractivity contribution is 5.99. The molecular formula is C23H29N3O. The summed E-state index contributed by atoms with van der Waals surface area (Å²) in [4.78, 5) is 17.0. The fourth-order valence-electron chi connectivity index (χ4n) is 2.25. The van der Waals surface area contributed by atoms with E-state index in [9.17, 15) is 4.79 Å². The number of carbonyl (C=O) groups is 1. The van der Waals surface area contributed by atoms with Crippen molar-refractivity contribution in [2.75, 3.05) is 0 Å². The Labute approximate surface area is 163 Å². The summed E-state index contributed by atoms with van der Waals surface area (Å²) in [6.07, 6.45) is 9.70. The van der Waals surface area contributed by atoms with Crippen LogP contribution in [0.25, 0.3) is 0 Å². The van der Waals surface area contributed by atoms with Crippen LogP contribution in [-0.2, 0) is 11.3 Å². The first-order valence-corrected chi connectivity index (χ1v) is 9.30. The third-order valence-electron chi connectivity index (χ3n) is 3.61. The molecule has 0 heterocycles. The first-order chi connectivity index (χ1) is 13.1. The van der Waals surface area contributed by atoms with Gasteiger partial charge in [-0.2, -0.15) is 0 Å². The molecule has 1 rings (SSSR count). The van der Waals surface area contributed by atoms with Gasteiger partial charge in [-0.3, -0.25) is 4.79 Å². The lowest BCUT2D eigenvalue weighted by atomic mass is 10.0. The molecular weight excluding hydrogens is 334 g/mol. The number of benzene rings is 1. The number of amides is 1. The summed E-state index contributed by atoms with van der Waals surface area (Å²) in [6, 6.07) is 9.76. The molecule has 1 aromatic rings. The van der Waals surface area contributed by atoms with Crippen molar-refractivity contribution in [2.45, 2.75) is 46.6 Å². The normalized spacial score (nSPS) is 12.6. The van der Waals surface area contributed by atoms with Gasteiger partial charge in [0.05, 0.1) is 5.57 Å². The molecule has 0 aromatic heterocycles. The minimum atomic E-state index is -0.227. The highest BCUT2D eigenvalue weighted by Gasteiger charge is 2.15. The average molecular weight is 364 g/mol. The van der Waals surface area contributed by atoms with Crippen LogP contribution in [0.5, 0.6) is 0 Å². The Bertz CT molecular complexity index is 775. The lowest BCUT2D eigenvalue weighted by Gasteiger charge is -2.11. The number of unbranched alkanes of at least 4 members (excludes halogenated alkanes) is 1. The van der Waals surface area contributed by atoms with Gasteiger partial charge in [0.2, 0.25) is 0 Å². The number of aliphatic imine (C=N–C) groups is 1. The van der Waals surface area contributed by atoms with E-state index in [-0.39, 0.29) is 5.91 Å². The predicted molar refractivity (Wildman–Crippen MR) is 114 cm³/mol. The van der Waals surface area contributed by atoms with Crippen LogP contribution in [-0.4, -0.2) is 12.1 Å². The fraction of sp³-hybridized carbons (Fsp3) is 0.304. The molecule has 142 valence electrons. The molecule has 27 heavy (non-hydrogen) atoms. The average Bonchev–Trinajstić information content (AvgIpc) is 2.68. The Morgan fingerprint density at radius 2 is 2.00 bits per heavy atom. The van der Waals surface area contributed by atoms with Crippen LogP contribution in [0.3, 0.4) is 0 Å². The molecule has 0 radical (unpaired) electrons. The predicted octanol–water partition coefficient (Wildman–Crippen LogP) is 4.26. The van der Waals surface area contributed by atoms with Crippen LogP contribution in [0.2, 0.25) is 0 Å². The van der Waals surface area contributed by atoms with Gasteiger partial charge in [0.25, 0.3) is 5.91 Å².